The lowest BCUT2D eigenvalue weighted by Crippen LogP contribution is -2.19. The molecule has 2 aliphatic rings. The summed E-state index contributed by atoms with van der Waals surface area (Å²) < 4.78 is 15.1. The third-order valence-corrected chi connectivity index (χ3v) is 7.20. The maximum absolute atomic E-state index is 5.91. The van der Waals surface area contributed by atoms with E-state index in [2.05, 4.69) is 19.9 Å². The van der Waals surface area contributed by atoms with Crippen molar-refractivity contribution in [3.8, 4) is 28.1 Å². The first-order chi connectivity index (χ1) is 16.2. The van der Waals surface area contributed by atoms with Gasteiger partial charge in [0.2, 0.25) is 0 Å². The Kier molecular flexibility index (Phi) is 5.10. The van der Waals surface area contributed by atoms with Gasteiger partial charge in [-0.25, -0.2) is 4.98 Å². The predicted molar refractivity (Wildman–Crippen MR) is 125 cm³/mol. The number of aryl methyl sites for hydroxylation is 1. The molecule has 2 aliphatic carbocycles. The van der Waals surface area contributed by atoms with Gasteiger partial charge in [-0.1, -0.05) is 18.9 Å². The van der Waals surface area contributed by atoms with Crippen LogP contribution in [-0.4, -0.2) is 43.4 Å². The zero-order valence-electron chi connectivity index (χ0n) is 19.0. The van der Waals surface area contributed by atoms with Crippen LogP contribution < -0.4 is 4.74 Å². The molecule has 0 aliphatic heterocycles. The van der Waals surface area contributed by atoms with E-state index in [1.807, 2.05) is 50.0 Å². The standard InChI is InChI=1S/C25H28N6O2/c1-30-13-19(12-27-30)18-5-6-21(24(10-18)33-15-32-2)22-11-23-25(29-28-22)31(14-26-23)20-8-16-3-4-17(7-16)9-20/h5-6,10-14,16-17,20H,3-4,7-9,15H2,1-2H3/t16-,17?,20+/m0/s1. The topological polar surface area (TPSA) is 79.9 Å². The van der Waals surface area contributed by atoms with Gasteiger partial charge in [0, 0.05) is 37.5 Å². The molecule has 3 atom stereocenters. The number of fused-ring (bicyclic) bond motifs is 3. The highest BCUT2D eigenvalue weighted by Gasteiger charge is 2.35. The Morgan fingerprint density at radius 2 is 1.88 bits per heavy atom. The smallest absolute Gasteiger partial charge is 0.188 e. The van der Waals surface area contributed by atoms with E-state index in [9.17, 15) is 0 Å². The van der Waals surface area contributed by atoms with Crippen molar-refractivity contribution >= 4 is 11.2 Å². The molecule has 170 valence electrons. The van der Waals surface area contributed by atoms with Gasteiger partial charge in [0.1, 0.15) is 11.3 Å². The summed E-state index contributed by atoms with van der Waals surface area (Å²) in [6.45, 7) is 0.151. The summed E-state index contributed by atoms with van der Waals surface area (Å²) in [6.07, 6.45) is 12.4. The van der Waals surface area contributed by atoms with E-state index in [1.54, 1.807) is 11.8 Å². The summed E-state index contributed by atoms with van der Waals surface area (Å²) in [7, 11) is 3.52. The first-order valence-electron chi connectivity index (χ1n) is 11.6. The Balaban J connectivity index is 1.35. The van der Waals surface area contributed by atoms with E-state index in [0.29, 0.717) is 11.8 Å². The summed E-state index contributed by atoms with van der Waals surface area (Å²) in [5.74, 6) is 2.41. The molecule has 2 fully saturated rings. The third kappa shape index (κ3) is 3.78. The quantitative estimate of drug-likeness (QED) is 0.404. The number of hydrogen-bond donors (Lipinski definition) is 0. The van der Waals surface area contributed by atoms with Gasteiger partial charge in [0.25, 0.3) is 0 Å². The molecule has 33 heavy (non-hydrogen) atoms. The molecular formula is C25H28N6O2. The van der Waals surface area contributed by atoms with Gasteiger partial charge in [-0.3, -0.25) is 4.68 Å². The van der Waals surface area contributed by atoms with Crippen LogP contribution in [0.4, 0.5) is 0 Å². The zero-order valence-corrected chi connectivity index (χ0v) is 19.0. The highest BCUT2D eigenvalue weighted by molar-refractivity contribution is 5.80. The van der Waals surface area contributed by atoms with Crippen molar-refractivity contribution in [3.63, 3.8) is 0 Å². The van der Waals surface area contributed by atoms with Crippen LogP contribution in [-0.2, 0) is 11.8 Å². The van der Waals surface area contributed by atoms with E-state index < -0.39 is 0 Å². The molecule has 4 aromatic rings. The number of ether oxygens (including phenoxy) is 2. The molecule has 1 aromatic carbocycles. The number of rotatable bonds is 6. The van der Waals surface area contributed by atoms with Crippen molar-refractivity contribution in [1.82, 2.24) is 29.5 Å². The molecule has 0 radical (unpaired) electrons. The van der Waals surface area contributed by atoms with Crippen molar-refractivity contribution in [2.45, 2.75) is 38.1 Å². The summed E-state index contributed by atoms with van der Waals surface area (Å²) >= 11 is 0. The van der Waals surface area contributed by atoms with Crippen molar-refractivity contribution < 1.29 is 9.47 Å². The van der Waals surface area contributed by atoms with E-state index in [-0.39, 0.29) is 6.79 Å². The van der Waals surface area contributed by atoms with Gasteiger partial charge in [-0.15, -0.1) is 10.2 Å². The second-order valence-electron chi connectivity index (χ2n) is 9.43. The average molecular weight is 445 g/mol. The molecule has 0 saturated heterocycles. The summed E-state index contributed by atoms with van der Waals surface area (Å²) in [6, 6.07) is 8.55. The summed E-state index contributed by atoms with van der Waals surface area (Å²) in [4.78, 5) is 4.69. The zero-order chi connectivity index (χ0) is 22.4. The fraction of sp³-hybridized carbons (Fsp3) is 0.440. The molecule has 6 rings (SSSR count). The van der Waals surface area contributed by atoms with Crippen LogP contribution >= 0.6 is 0 Å². The number of benzene rings is 1. The van der Waals surface area contributed by atoms with Crippen LogP contribution in [0.25, 0.3) is 33.5 Å². The van der Waals surface area contributed by atoms with Crippen LogP contribution in [0, 0.1) is 11.8 Å². The molecule has 0 amide bonds. The second-order valence-corrected chi connectivity index (χ2v) is 9.43. The number of nitrogens with zero attached hydrogens (tertiary/aromatic N) is 6. The number of methoxy groups -OCH3 is 1. The molecule has 0 spiro atoms. The third-order valence-electron chi connectivity index (χ3n) is 7.20. The normalized spacial score (nSPS) is 22.2. The van der Waals surface area contributed by atoms with E-state index in [4.69, 9.17) is 14.5 Å². The minimum absolute atomic E-state index is 0.151. The highest BCUT2D eigenvalue weighted by Crippen LogP contribution is 2.47. The first kappa shape index (κ1) is 20.4. The molecule has 8 nitrogen and oxygen atoms in total. The Morgan fingerprint density at radius 3 is 2.64 bits per heavy atom. The molecule has 2 bridgehead atoms. The minimum atomic E-state index is 0.151. The van der Waals surface area contributed by atoms with Gasteiger partial charge in [0.05, 0.1) is 18.2 Å². The van der Waals surface area contributed by atoms with Crippen molar-refractivity contribution in [2.75, 3.05) is 13.9 Å². The van der Waals surface area contributed by atoms with Crippen molar-refractivity contribution in [2.24, 2.45) is 18.9 Å². The van der Waals surface area contributed by atoms with Gasteiger partial charge in [-0.05, 0) is 54.9 Å². The van der Waals surface area contributed by atoms with Crippen LogP contribution in [0.1, 0.15) is 38.1 Å². The van der Waals surface area contributed by atoms with Gasteiger partial charge in [0.15, 0.2) is 12.4 Å². The molecular weight excluding hydrogens is 416 g/mol. The maximum atomic E-state index is 5.91. The van der Waals surface area contributed by atoms with Gasteiger partial charge >= 0.3 is 0 Å². The molecule has 1 unspecified atom stereocenters. The summed E-state index contributed by atoms with van der Waals surface area (Å²) in [5.41, 5.74) is 5.37. The number of aromatic nitrogens is 6. The fourth-order valence-electron chi connectivity index (χ4n) is 5.66. The molecule has 8 heteroatoms. The van der Waals surface area contributed by atoms with Gasteiger partial charge < -0.3 is 14.0 Å². The lowest BCUT2D eigenvalue weighted by atomic mass is 9.85. The highest BCUT2D eigenvalue weighted by atomic mass is 16.7. The Morgan fingerprint density at radius 1 is 1.03 bits per heavy atom. The lowest BCUT2D eigenvalue weighted by molar-refractivity contribution is 0.0515. The van der Waals surface area contributed by atoms with E-state index >= 15 is 0 Å². The largest absolute Gasteiger partial charge is 0.467 e. The maximum Gasteiger partial charge on any atom is 0.188 e. The lowest BCUT2D eigenvalue weighted by Gasteiger charge is -2.28. The number of hydrogen-bond acceptors (Lipinski definition) is 6. The van der Waals surface area contributed by atoms with E-state index in [1.165, 1.54) is 32.1 Å². The van der Waals surface area contributed by atoms with Crippen LogP contribution in [0.3, 0.4) is 0 Å². The SMILES string of the molecule is COCOc1cc(-c2cnn(C)c2)ccc1-c1cc2ncn([C@H]3CC4CC[C@@H](C4)C3)c2nn1. The summed E-state index contributed by atoms with van der Waals surface area (Å²) in [5, 5.41) is 13.5. The molecule has 3 aromatic heterocycles. The van der Waals surface area contributed by atoms with Crippen LogP contribution in [0.5, 0.6) is 5.75 Å². The van der Waals surface area contributed by atoms with Crippen molar-refractivity contribution in [3.05, 3.63) is 43.0 Å². The fourth-order valence-corrected chi connectivity index (χ4v) is 5.66. The monoisotopic (exact) mass is 444 g/mol. The van der Waals surface area contributed by atoms with Crippen LogP contribution in [0.2, 0.25) is 0 Å². The first-order valence-corrected chi connectivity index (χ1v) is 11.6. The Hall–Kier alpha value is -3.26. The second kappa shape index (κ2) is 8.26. The minimum Gasteiger partial charge on any atom is -0.467 e. The Bertz CT molecular complexity index is 1280. The molecule has 3 heterocycles. The molecule has 0 N–H and O–H groups in total. The van der Waals surface area contributed by atoms with E-state index in [0.717, 1.165) is 45.4 Å². The average Bonchev–Trinajstić information content (AvgIpc) is 3.55. The molecule has 2 saturated carbocycles. The Labute approximate surface area is 192 Å². The van der Waals surface area contributed by atoms with Crippen molar-refractivity contribution in [1.29, 1.82) is 0 Å². The predicted octanol–water partition coefficient (Wildman–Crippen LogP) is 4.63. The van der Waals surface area contributed by atoms with Gasteiger partial charge in [-0.2, -0.15) is 5.10 Å². The van der Waals surface area contributed by atoms with Crippen LogP contribution in [0.15, 0.2) is 43.0 Å². The number of imidazole rings is 1.